The molecule has 0 spiro atoms. The quantitative estimate of drug-likeness (QED) is 0.757. The number of fused-ring (bicyclic) bond motifs is 3. The fraction of sp³-hybridized carbons (Fsp3) is 0.350. The van der Waals surface area contributed by atoms with E-state index in [1.54, 1.807) is 18.3 Å². The minimum Gasteiger partial charge on any atom is -0.480 e. The third kappa shape index (κ3) is 2.48. The highest BCUT2D eigenvalue weighted by atomic mass is 32.1. The molecule has 0 aliphatic heterocycles. The lowest BCUT2D eigenvalue weighted by Crippen LogP contribution is -2.32. The molecule has 134 valence electrons. The zero-order valence-corrected chi connectivity index (χ0v) is 15.6. The predicted octanol–water partition coefficient (Wildman–Crippen LogP) is 3.96. The first-order valence-corrected chi connectivity index (χ1v) is 9.70. The average molecular weight is 368 g/mol. The van der Waals surface area contributed by atoms with Gasteiger partial charge in [0, 0.05) is 10.4 Å². The monoisotopic (exact) mass is 368 g/mol. The lowest BCUT2D eigenvalue weighted by atomic mass is 10.1. The summed E-state index contributed by atoms with van der Waals surface area (Å²) in [5.41, 5.74) is 2.63. The van der Waals surface area contributed by atoms with Crippen molar-refractivity contribution >= 4 is 27.5 Å². The van der Waals surface area contributed by atoms with E-state index in [4.69, 9.17) is 4.98 Å². The first kappa shape index (κ1) is 17.0. The van der Waals surface area contributed by atoms with Gasteiger partial charge in [-0.25, -0.2) is 9.78 Å². The van der Waals surface area contributed by atoms with E-state index >= 15 is 0 Å². The van der Waals surface area contributed by atoms with Crippen molar-refractivity contribution in [1.82, 2.24) is 9.55 Å². The molecule has 1 aliphatic rings. The Hall–Kier alpha value is -2.47. The lowest BCUT2D eigenvalue weighted by molar-refractivity contribution is -0.141. The van der Waals surface area contributed by atoms with Crippen LogP contribution >= 0.6 is 11.3 Å². The van der Waals surface area contributed by atoms with E-state index in [1.165, 1.54) is 9.44 Å². The van der Waals surface area contributed by atoms with E-state index in [9.17, 15) is 14.7 Å². The third-order valence-electron chi connectivity index (χ3n) is 5.14. The summed E-state index contributed by atoms with van der Waals surface area (Å²) in [5, 5.41) is 10.3. The van der Waals surface area contributed by atoms with Crippen molar-refractivity contribution in [3.05, 3.63) is 50.6 Å². The second kappa shape index (κ2) is 6.36. The Morgan fingerprint density at radius 1 is 1.35 bits per heavy atom. The van der Waals surface area contributed by atoms with E-state index in [1.807, 2.05) is 31.2 Å². The summed E-state index contributed by atoms with van der Waals surface area (Å²) in [6, 6.07) is 6.74. The minimum absolute atomic E-state index is 0.220. The minimum atomic E-state index is -1.00. The molecule has 1 unspecified atom stereocenters. The second-order valence-electron chi connectivity index (χ2n) is 6.73. The van der Waals surface area contributed by atoms with Gasteiger partial charge in [-0.2, -0.15) is 0 Å². The van der Waals surface area contributed by atoms with Crippen LogP contribution < -0.4 is 5.56 Å². The molecule has 1 aromatic carbocycles. The van der Waals surface area contributed by atoms with Gasteiger partial charge in [-0.05, 0) is 43.7 Å². The summed E-state index contributed by atoms with van der Waals surface area (Å²) in [4.78, 5) is 32.1. The molecular weight excluding hydrogens is 348 g/mol. The van der Waals surface area contributed by atoms with Crippen molar-refractivity contribution in [2.24, 2.45) is 0 Å². The summed E-state index contributed by atoms with van der Waals surface area (Å²) >= 11 is 1.58. The lowest BCUT2D eigenvalue weighted by Gasteiger charge is -2.19. The number of thiophene rings is 1. The summed E-state index contributed by atoms with van der Waals surface area (Å²) in [6.45, 7) is 3.74. The molecule has 1 atom stereocenters. The van der Waals surface area contributed by atoms with Gasteiger partial charge in [0.15, 0.2) is 0 Å². The Kier molecular flexibility index (Phi) is 4.15. The molecule has 0 bridgehead atoms. The van der Waals surface area contributed by atoms with Crippen LogP contribution in [0.15, 0.2) is 29.1 Å². The van der Waals surface area contributed by atoms with E-state index in [0.29, 0.717) is 17.6 Å². The molecule has 1 aliphatic carbocycles. The van der Waals surface area contributed by atoms with Gasteiger partial charge in [0.05, 0.1) is 5.39 Å². The Morgan fingerprint density at radius 3 is 2.81 bits per heavy atom. The van der Waals surface area contributed by atoms with Crippen LogP contribution in [0.25, 0.3) is 21.6 Å². The molecule has 0 fully saturated rings. The van der Waals surface area contributed by atoms with Crippen LogP contribution in [-0.2, 0) is 17.6 Å². The fourth-order valence-electron chi connectivity index (χ4n) is 3.83. The first-order valence-electron chi connectivity index (χ1n) is 8.88. The number of carboxylic acid groups (broad SMARTS) is 1. The van der Waals surface area contributed by atoms with Gasteiger partial charge in [-0.3, -0.25) is 9.36 Å². The zero-order chi connectivity index (χ0) is 18.4. The number of hydrogen-bond acceptors (Lipinski definition) is 4. The SMILES string of the molecule is CCC(C(=O)O)n1c(-c2ccccc2C)nc2sc3c(c2c1=O)CCC3. The Balaban J connectivity index is 2.12. The van der Waals surface area contributed by atoms with Crippen molar-refractivity contribution in [3.8, 4) is 11.4 Å². The van der Waals surface area contributed by atoms with Crippen molar-refractivity contribution in [2.75, 3.05) is 0 Å². The number of benzene rings is 1. The Bertz CT molecular complexity index is 1080. The highest BCUT2D eigenvalue weighted by Gasteiger charge is 2.28. The smallest absolute Gasteiger partial charge is 0.326 e. The molecule has 0 saturated carbocycles. The molecule has 1 N–H and O–H groups in total. The fourth-order valence-corrected chi connectivity index (χ4v) is 5.08. The molecule has 26 heavy (non-hydrogen) atoms. The maximum atomic E-state index is 13.4. The van der Waals surface area contributed by atoms with E-state index in [-0.39, 0.29) is 5.56 Å². The molecule has 2 heterocycles. The van der Waals surface area contributed by atoms with Crippen LogP contribution in [0, 0.1) is 6.92 Å². The average Bonchev–Trinajstić information content (AvgIpc) is 3.18. The van der Waals surface area contributed by atoms with Crippen molar-refractivity contribution < 1.29 is 9.90 Å². The van der Waals surface area contributed by atoms with E-state index in [2.05, 4.69) is 0 Å². The van der Waals surface area contributed by atoms with Crippen molar-refractivity contribution in [2.45, 2.75) is 45.6 Å². The van der Waals surface area contributed by atoms with Crippen molar-refractivity contribution in [1.29, 1.82) is 0 Å². The molecule has 3 aromatic rings. The highest BCUT2D eigenvalue weighted by Crippen LogP contribution is 2.36. The molecule has 4 rings (SSSR count). The van der Waals surface area contributed by atoms with Gasteiger partial charge < -0.3 is 5.11 Å². The van der Waals surface area contributed by atoms with E-state index in [0.717, 1.165) is 40.8 Å². The number of nitrogens with zero attached hydrogens (tertiary/aromatic N) is 2. The number of aryl methyl sites for hydroxylation is 3. The topological polar surface area (TPSA) is 72.2 Å². The highest BCUT2D eigenvalue weighted by molar-refractivity contribution is 7.18. The van der Waals surface area contributed by atoms with Gasteiger partial charge in [0.1, 0.15) is 16.7 Å². The van der Waals surface area contributed by atoms with Gasteiger partial charge in [0.25, 0.3) is 5.56 Å². The summed E-state index contributed by atoms with van der Waals surface area (Å²) in [7, 11) is 0. The number of carboxylic acids is 1. The van der Waals surface area contributed by atoms with Crippen LogP contribution in [0.3, 0.4) is 0 Å². The molecule has 0 amide bonds. The van der Waals surface area contributed by atoms with Crippen LogP contribution in [0.2, 0.25) is 0 Å². The Morgan fingerprint density at radius 2 is 2.12 bits per heavy atom. The maximum Gasteiger partial charge on any atom is 0.326 e. The van der Waals surface area contributed by atoms with Gasteiger partial charge in [-0.1, -0.05) is 31.2 Å². The summed E-state index contributed by atoms with van der Waals surface area (Å²) < 4.78 is 1.40. The summed E-state index contributed by atoms with van der Waals surface area (Å²) in [6.07, 6.45) is 3.23. The van der Waals surface area contributed by atoms with E-state index < -0.39 is 12.0 Å². The molecular formula is C20H20N2O3S. The summed E-state index contributed by atoms with van der Waals surface area (Å²) in [5.74, 6) is -0.549. The zero-order valence-electron chi connectivity index (χ0n) is 14.8. The van der Waals surface area contributed by atoms with Gasteiger partial charge in [0.2, 0.25) is 0 Å². The van der Waals surface area contributed by atoms with Crippen LogP contribution in [-0.4, -0.2) is 20.6 Å². The maximum absolute atomic E-state index is 13.4. The standard InChI is InChI=1S/C20H20N2O3S/c1-3-14(20(24)25)22-17(12-8-5-4-7-11(12)2)21-18-16(19(22)23)13-9-6-10-15(13)26-18/h4-5,7-8,14H,3,6,9-10H2,1-2H3,(H,24,25). The largest absolute Gasteiger partial charge is 0.480 e. The van der Waals surface area contributed by atoms with Gasteiger partial charge in [-0.15, -0.1) is 11.3 Å². The van der Waals surface area contributed by atoms with Crippen molar-refractivity contribution in [3.63, 3.8) is 0 Å². The number of hydrogen-bond donors (Lipinski definition) is 1. The number of aliphatic carboxylic acids is 1. The molecule has 0 saturated heterocycles. The second-order valence-corrected chi connectivity index (χ2v) is 7.81. The predicted molar refractivity (Wildman–Crippen MR) is 103 cm³/mol. The van der Waals surface area contributed by atoms with Crippen LogP contribution in [0.1, 0.15) is 41.8 Å². The number of carbonyl (C=O) groups is 1. The Labute approximate surface area is 154 Å². The number of rotatable bonds is 4. The van der Waals surface area contributed by atoms with Crippen LogP contribution in [0.4, 0.5) is 0 Å². The molecule has 2 aromatic heterocycles. The third-order valence-corrected chi connectivity index (χ3v) is 6.33. The number of aromatic nitrogens is 2. The normalized spacial score (nSPS) is 14.5. The van der Waals surface area contributed by atoms with Crippen LogP contribution in [0.5, 0.6) is 0 Å². The first-order chi connectivity index (χ1) is 12.5. The van der Waals surface area contributed by atoms with Gasteiger partial charge >= 0.3 is 5.97 Å². The molecule has 5 nitrogen and oxygen atoms in total. The molecule has 6 heteroatoms. The molecule has 0 radical (unpaired) electrons.